The second-order valence-electron chi connectivity index (χ2n) is 5.82. The van der Waals surface area contributed by atoms with E-state index >= 15 is 0 Å². The third-order valence-electron chi connectivity index (χ3n) is 3.81. The number of esters is 1. The molecule has 114 valence electrons. The molecule has 0 atom stereocenters. The van der Waals surface area contributed by atoms with Crippen molar-refractivity contribution in [2.45, 2.75) is 27.2 Å². The van der Waals surface area contributed by atoms with Crippen LogP contribution >= 0.6 is 0 Å². The maximum atomic E-state index is 12.6. The quantitative estimate of drug-likeness (QED) is 0.470. The first-order valence-corrected chi connectivity index (χ1v) is 7.37. The first-order chi connectivity index (χ1) is 10.5. The molecule has 0 fully saturated rings. The summed E-state index contributed by atoms with van der Waals surface area (Å²) >= 11 is 0. The minimum Gasteiger partial charge on any atom is -0.425 e. The van der Waals surface area contributed by atoms with E-state index in [-0.39, 0.29) is 11.8 Å². The van der Waals surface area contributed by atoms with Crippen LogP contribution in [0, 0.1) is 5.41 Å². The second-order valence-corrected chi connectivity index (χ2v) is 5.82. The molecule has 0 radical (unpaired) electrons. The molecule has 0 bridgehead atoms. The fourth-order valence-electron chi connectivity index (χ4n) is 1.87. The van der Waals surface area contributed by atoms with Gasteiger partial charge in [0.05, 0.1) is 11.0 Å². The summed E-state index contributed by atoms with van der Waals surface area (Å²) < 4.78 is 5.48. The molecular formula is C19H20O3. The van der Waals surface area contributed by atoms with Crippen LogP contribution in [0.3, 0.4) is 0 Å². The van der Waals surface area contributed by atoms with Crippen LogP contribution in [-0.2, 0) is 4.79 Å². The molecule has 0 spiro atoms. The van der Waals surface area contributed by atoms with Crippen LogP contribution in [0.1, 0.15) is 43.1 Å². The van der Waals surface area contributed by atoms with Gasteiger partial charge in [-0.25, -0.2) is 0 Å². The number of hydrogen-bond acceptors (Lipinski definition) is 3. The highest BCUT2D eigenvalue weighted by Crippen LogP contribution is 2.27. The number of para-hydroxylation sites is 1. The van der Waals surface area contributed by atoms with Crippen molar-refractivity contribution in [3.63, 3.8) is 0 Å². The minimum absolute atomic E-state index is 0.154. The Morgan fingerprint density at radius 3 is 2.18 bits per heavy atom. The molecule has 0 unspecified atom stereocenters. The molecule has 0 saturated heterocycles. The number of carbonyl (C=O) groups is 2. The summed E-state index contributed by atoms with van der Waals surface area (Å²) in [5.74, 6) is -0.176. The summed E-state index contributed by atoms with van der Waals surface area (Å²) in [4.78, 5) is 24.8. The molecule has 0 aliphatic heterocycles. The van der Waals surface area contributed by atoms with E-state index < -0.39 is 5.41 Å². The van der Waals surface area contributed by atoms with Crippen LogP contribution in [0.5, 0.6) is 5.75 Å². The van der Waals surface area contributed by atoms with Crippen LogP contribution in [0.25, 0.3) is 0 Å². The minimum atomic E-state index is -0.580. The highest BCUT2D eigenvalue weighted by atomic mass is 16.5. The molecule has 3 heteroatoms. The topological polar surface area (TPSA) is 43.4 Å². The predicted molar refractivity (Wildman–Crippen MR) is 86.0 cm³/mol. The normalized spacial score (nSPS) is 11.0. The number of ketones is 1. The monoisotopic (exact) mass is 296 g/mol. The molecule has 2 rings (SSSR count). The zero-order chi connectivity index (χ0) is 16.2. The Bertz CT molecular complexity index is 672. The first-order valence-electron chi connectivity index (χ1n) is 7.37. The lowest BCUT2D eigenvalue weighted by molar-refractivity contribution is -0.144. The van der Waals surface area contributed by atoms with Gasteiger partial charge in [-0.3, -0.25) is 9.59 Å². The Kier molecular flexibility index (Phi) is 4.76. The van der Waals surface area contributed by atoms with Crippen LogP contribution in [0.4, 0.5) is 0 Å². The van der Waals surface area contributed by atoms with Crippen molar-refractivity contribution in [2.24, 2.45) is 5.41 Å². The fourth-order valence-corrected chi connectivity index (χ4v) is 1.87. The Morgan fingerprint density at radius 1 is 0.955 bits per heavy atom. The van der Waals surface area contributed by atoms with E-state index in [0.717, 1.165) is 0 Å². The van der Waals surface area contributed by atoms with Gasteiger partial charge in [0.2, 0.25) is 0 Å². The number of rotatable bonds is 5. The lowest BCUT2D eigenvalue weighted by Crippen LogP contribution is -2.28. The molecule has 0 aliphatic rings. The molecule has 0 saturated carbocycles. The van der Waals surface area contributed by atoms with E-state index in [1.165, 1.54) is 0 Å². The zero-order valence-corrected chi connectivity index (χ0v) is 13.1. The van der Waals surface area contributed by atoms with Crippen LogP contribution in [0.15, 0.2) is 54.6 Å². The van der Waals surface area contributed by atoms with Gasteiger partial charge in [0.15, 0.2) is 5.78 Å². The van der Waals surface area contributed by atoms with Crippen molar-refractivity contribution in [1.29, 1.82) is 0 Å². The molecule has 2 aromatic carbocycles. The number of carbonyl (C=O) groups excluding carboxylic acids is 2. The number of hydrogen-bond donors (Lipinski definition) is 0. The van der Waals surface area contributed by atoms with E-state index in [1.807, 2.05) is 39.0 Å². The van der Waals surface area contributed by atoms with E-state index in [2.05, 4.69) is 0 Å². The summed E-state index contributed by atoms with van der Waals surface area (Å²) in [6.45, 7) is 5.59. The Morgan fingerprint density at radius 2 is 1.55 bits per heavy atom. The molecule has 2 aromatic rings. The van der Waals surface area contributed by atoms with Gasteiger partial charge in [0, 0.05) is 5.56 Å². The lowest BCUT2D eigenvalue weighted by atomic mass is 9.90. The maximum Gasteiger partial charge on any atom is 0.316 e. The third kappa shape index (κ3) is 3.42. The molecule has 0 heterocycles. The van der Waals surface area contributed by atoms with Crippen molar-refractivity contribution in [1.82, 2.24) is 0 Å². The Balaban J connectivity index is 2.32. The van der Waals surface area contributed by atoms with Crippen molar-refractivity contribution in [3.05, 3.63) is 65.7 Å². The third-order valence-corrected chi connectivity index (χ3v) is 3.81. The molecule has 0 N–H and O–H groups in total. The summed E-state index contributed by atoms with van der Waals surface area (Å²) in [5.41, 5.74) is 0.387. The average molecular weight is 296 g/mol. The number of ether oxygens (including phenoxy) is 1. The number of benzene rings is 2. The highest BCUT2D eigenvalue weighted by molar-refractivity contribution is 6.11. The van der Waals surface area contributed by atoms with Crippen LogP contribution in [0.2, 0.25) is 0 Å². The molecular weight excluding hydrogens is 276 g/mol. The van der Waals surface area contributed by atoms with Gasteiger partial charge < -0.3 is 4.74 Å². The average Bonchev–Trinajstić information content (AvgIpc) is 2.55. The maximum absolute atomic E-state index is 12.6. The van der Waals surface area contributed by atoms with Crippen molar-refractivity contribution >= 4 is 11.8 Å². The van der Waals surface area contributed by atoms with E-state index in [0.29, 0.717) is 23.3 Å². The van der Waals surface area contributed by atoms with Gasteiger partial charge in [-0.2, -0.15) is 0 Å². The van der Waals surface area contributed by atoms with Crippen LogP contribution in [-0.4, -0.2) is 11.8 Å². The summed E-state index contributed by atoms with van der Waals surface area (Å²) in [6.07, 6.45) is 0.667. The van der Waals surface area contributed by atoms with Crippen molar-refractivity contribution in [2.75, 3.05) is 0 Å². The molecule has 3 nitrogen and oxygen atoms in total. The molecule has 0 aliphatic carbocycles. The highest BCUT2D eigenvalue weighted by Gasteiger charge is 2.28. The standard InChI is InChI=1S/C19H20O3/c1-4-19(2,3)18(21)22-16-13-9-8-12-15(16)17(20)14-10-6-5-7-11-14/h5-13H,4H2,1-3H3. The Hall–Kier alpha value is -2.42. The first kappa shape index (κ1) is 16.0. The second kappa shape index (κ2) is 6.56. The SMILES string of the molecule is CCC(C)(C)C(=O)Oc1ccccc1C(=O)c1ccccc1. The largest absolute Gasteiger partial charge is 0.425 e. The van der Waals surface area contributed by atoms with Crippen molar-refractivity contribution in [3.8, 4) is 5.75 Å². The smallest absolute Gasteiger partial charge is 0.316 e. The van der Waals surface area contributed by atoms with E-state index in [9.17, 15) is 9.59 Å². The Labute approximate surface area is 130 Å². The van der Waals surface area contributed by atoms with Gasteiger partial charge in [0.1, 0.15) is 5.75 Å². The van der Waals surface area contributed by atoms with Crippen LogP contribution < -0.4 is 4.74 Å². The summed E-state index contributed by atoms with van der Waals surface area (Å²) in [6, 6.07) is 15.8. The van der Waals surface area contributed by atoms with Gasteiger partial charge >= 0.3 is 5.97 Å². The van der Waals surface area contributed by atoms with Gasteiger partial charge in [-0.15, -0.1) is 0 Å². The van der Waals surface area contributed by atoms with Gasteiger partial charge in [-0.05, 0) is 32.4 Å². The summed E-state index contributed by atoms with van der Waals surface area (Å²) in [7, 11) is 0. The lowest BCUT2D eigenvalue weighted by Gasteiger charge is -2.21. The summed E-state index contributed by atoms with van der Waals surface area (Å²) in [5, 5.41) is 0. The predicted octanol–water partition coefficient (Wildman–Crippen LogP) is 4.26. The van der Waals surface area contributed by atoms with Gasteiger partial charge in [-0.1, -0.05) is 49.4 Å². The van der Waals surface area contributed by atoms with E-state index in [1.54, 1.807) is 36.4 Å². The molecule has 0 aromatic heterocycles. The van der Waals surface area contributed by atoms with Gasteiger partial charge in [0.25, 0.3) is 0 Å². The zero-order valence-electron chi connectivity index (χ0n) is 13.1. The molecule has 0 amide bonds. The van der Waals surface area contributed by atoms with Crippen molar-refractivity contribution < 1.29 is 14.3 Å². The fraction of sp³-hybridized carbons (Fsp3) is 0.263. The molecule has 22 heavy (non-hydrogen) atoms. The van der Waals surface area contributed by atoms with E-state index in [4.69, 9.17) is 4.74 Å².